The molecule has 0 amide bonds. The molecule has 2 rings (SSSR count). The van der Waals surface area contributed by atoms with Gasteiger partial charge in [0.25, 0.3) is 0 Å². The molecule has 0 spiro atoms. The van der Waals surface area contributed by atoms with Crippen LogP contribution in [-0.2, 0) is 11.4 Å². The second-order valence-corrected chi connectivity index (χ2v) is 4.95. The molecule has 126 valence electrons. The summed E-state index contributed by atoms with van der Waals surface area (Å²) in [5.41, 5.74) is 0.873. The highest BCUT2D eigenvalue weighted by atomic mass is 16.8. The fourth-order valence-electron chi connectivity index (χ4n) is 1.87. The molecule has 0 N–H and O–H groups in total. The predicted molar refractivity (Wildman–Crippen MR) is 89.0 cm³/mol. The molecule has 6 heteroatoms. The Labute approximate surface area is 141 Å². The Morgan fingerprint density at radius 2 is 1.79 bits per heavy atom. The van der Waals surface area contributed by atoms with E-state index in [9.17, 15) is 4.79 Å². The van der Waals surface area contributed by atoms with Gasteiger partial charge in [0.2, 0.25) is 0 Å². The summed E-state index contributed by atoms with van der Waals surface area (Å²) in [5, 5.41) is 7.23. The van der Waals surface area contributed by atoms with Crippen LogP contribution in [0.1, 0.15) is 25.3 Å². The van der Waals surface area contributed by atoms with E-state index in [4.69, 9.17) is 9.47 Å². The highest BCUT2D eigenvalue weighted by Crippen LogP contribution is 2.19. The first-order chi connectivity index (χ1) is 11.8. The lowest BCUT2D eigenvalue weighted by Crippen LogP contribution is -2.06. The van der Waals surface area contributed by atoms with E-state index < -0.39 is 6.16 Å². The molecule has 6 nitrogen and oxygen atoms in total. The van der Waals surface area contributed by atoms with Gasteiger partial charge >= 0.3 is 6.16 Å². The monoisotopic (exact) mass is 328 g/mol. The van der Waals surface area contributed by atoms with E-state index >= 15 is 0 Å². The zero-order chi connectivity index (χ0) is 17.0. The minimum atomic E-state index is -0.933. The number of nitrogens with zero attached hydrogens (tertiary/aromatic N) is 2. The van der Waals surface area contributed by atoms with Gasteiger partial charge in [0, 0.05) is 10.8 Å². The third-order valence-corrected chi connectivity index (χ3v) is 3.09. The van der Waals surface area contributed by atoms with Crippen LogP contribution in [0.25, 0.3) is 0 Å². The Morgan fingerprint density at radius 3 is 2.58 bits per heavy atom. The van der Waals surface area contributed by atoms with Crippen molar-refractivity contribution in [3.05, 3.63) is 60.2 Å². The van der Waals surface area contributed by atoms with Crippen molar-refractivity contribution in [1.29, 1.82) is 0 Å². The molecule has 0 saturated heterocycles. The van der Waals surface area contributed by atoms with Crippen LogP contribution in [0, 0.1) is 0 Å². The third kappa shape index (κ3) is 6.08. The third-order valence-electron chi connectivity index (χ3n) is 3.09. The Balaban J connectivity index is 1.80. The summed E-state index contributed by atoms with van der Waals surface area (Å²) in [6.45, 7) is 3.01. The Morgan fingerprint density at radius 1 is 1.04 bits per heavy atom. The summed E-state index contributed by atoms with van der Waals surface area (Å²) in [5.74, 6) is 1.14. The lowest BCUT2D eigenvalue weighted by Gasteiger charge is -2.08. The summed E-state index contributed by atoms with van der Waals surface area (Å²) in [6.07, 6.45) is 1.13. The van der Waals surface area contributed by atoms with Gasteiger partial charge in [0.05, 0.1) is 13.2 Å². The number of unbranched alkanes of at least 4 members (excludes halogenated alkanes) is 1. The van der Waals surface area contributed by atoms with Crippen LogP contribution in [-0.4, -0.2) is 12.8 Å². The number of carbonyl (C=O) groups excluding carboxylic acids is 1. The standard InChI is InChI=1S/C18H20N2O4/c1-2-3-13-22-17-12-8-7-9-15(17)14-19-20-24-18(21)23-16-10-5-4-6-11-16/h4-12H,2-3,13-14H2,1H3. The average Bonchev–Trinajstić information content (AvgIpc) is 2.61. The smallest absolute Gasteiger partial charge is 0.493 e. The minimum absolute atomic E-state index is 0.251. The van der Waals surface area contributed by atoms with E-state index in [-0.39, 0.29) is 6.54 Å². The van der Waals surface area contributed by atoms with E-state index in [1.807, 2.05) is 30.3 Å². The normalized spacial score (nSPS) is 10.5. The van der Waals surface area contributed by atoms with Crippen molar-refractivity contribution in [2.24, 2.45) is 10.4 Å². The van der Waals surface area contributed by atoms with E-state index in [1.165, 1.54) is 0 Å². The highest BCUT2D eigenvalue weighted by Gasteiger charge is 2.06. The number of carbonyl (C=O) groups is 1. The molecule has 0 aliphatic carbocycles. The number of rotatable bonds is 8. The van der Waals surface area contributed by atoms with Crippen molar-refractivity contribution in [3.63, 3.8) is 0 Å². The SMILES string of the molecule is CCCCOc1ccccc1CN=NOC(=O)Oc1ccccc1. The topological polar surface area (TPSA) is 69.5 Å². The van der Waals surface area contributed by atoms with Gasteiger partial charge in [-0.15, -0.1) is 5.11 Å². The van der Waals surface area contributed by atoms with E-state index in [1.54, 1.807) is 24.3 Å². The molecule has 0 saturated carbocycles. The first-order valence-electron chi connectivity index (χ1n) is 7.81. The Bertz CT molecular complexity index is 659. The van der Waals surface area contributed by atoms with Crippen LogP contribution in [0.15, 0.2) is 65.0 Å². The van der Waals surface area contributed by atoms with Crippen molar-refractivity contribution in [1.82, 2.24) is 0 Å². The largest absolute Gasteiger partial charge is 0.542 e. The zero-order valence-corrected chi connectivity index (χ0v) is 13.6. The number of hydrogen-bond donors (Lipinski definition) is 0. The van der Waals surface area contributed by atoms with Gasteiger partial charge in [-0.2, -0.15) is 0 Å². The van der Waals surface area contributed by atoms with Crippen LogP contribution >= 0.6 is 0 Å². The Hall–Kier alpha value is -2.89. The van der Waals surface area contributed by atoms with Crippen LogP contribution in [0.4, 0.5) is 4.79 Å². The van der Waals surface area contributed by atoms with Gasteiger partial charge in [0.1, 0.15) is 11.5 Å². The molecule has 0 unspecified atom stereocenters. The predicted octanol–water partition coefficient (Wildman–Crippen LogP) is 4.95. The highest BCUT2D eigenvalue weighted by molar-refractivity contribution is 5.63. The lowest BCUT2D eigenvalue weighted by atomic mass is 10.2. The number of hydrogen-bond acceptors (Lipinski definition) is 6. The number of ether oxygens (including phenoxy) is 2. The molecule has 0 aromatic heterocycles. The van der Waals surface area contributed by atoms with Crippen molar-refractivity contribution < 1.29 is 19.1 Å². The fourth-order valence-corrected chi connectivity index (χ4v) is 1.87. The maximum Gasteiger partial charge on any atom is 0.542 e. The van der Waals surface area contributed by atoms with Crippen molar-refractivity contribution in [2.45, 2.75) is 26.3 Å². The van der Waals surface area contributed by atoms with E-state index in [0.29, 0.717) is 12.4 Å². The summed E-state index contributed by atoms with van der Waals surface area (Å²) >= 11 is 0. The number of benzene rings is 2. The van der Waals surface area contributed by atoms with Crippen LogP contribution in [0.3, 0.4) is 0 Å². The average molecular weight is 328 g/mol. The first-order valence-corrected chi connectivity index (χ1v) is 7.81. The van der Waals surface area contributed by atoms with Gasteiger partial charge < -0.3 is 9.47 Å². The lowest BCUT2D eigenvalue weighted by molar-refractivity contribution is 0.0932. The molecule has 0 radical (unpaired) electrons. The molecule has 0 atom stereocenters. The molecule has 2 aromatic rings. The van der Waals surface area contributed by atoms with Gasteiger partial charge in [-0.3, -0.25) is 4.84 Å². The molecule has 0 aliphatic rings. The van der Waals surface area contributed by atoms with Crippen LogP contribution in [0.5, 0.6) is 11.5 Å². The summed E-state index contributed by atoms with van der Waals surface area (Å²) in [7, 11) is 0. The van der Waals surface area contributed by atoms with Crippen molar-refractivity contribution >= 4 is 6.16 Å². The van der Waals surface area contributed by atoms with Gasteiger partial charge in [0.15, 0.2) is 0 Å². The molecular weight excluding hydrogens is 308 g/mol. The van der Waals surface area contributed by atoms with Crippen molar-refractivity contribution in [2.75, 3.05) is 6.61 Å². The summed E-state index contributed by atoms with van der Waals surface area (Å²) in [6, 6.07) is 16.2. The zero-order valence-electron chi connectivity index (χ0n) is 13.6. The second-order valence-electron chi connectivity index (χ2n) is 4.95. The summed E-state index contributed by atoms with van der Waals surface area (Å²) in [4.78, 5) is 16.0. The molecule has 0 fully saturated rings. The van der Waals surface area contributed by atoms with Gasteiger partial charge in [-0.1, -0.05) is 49.7 Å². The quantitative estimate of drug-likeness (QED) is 0.226. The maximum atomic E-state index is 11.4. The van der Waals surface area contributed by atoms with Crippen molar-refractivity contribution in [3.8, 4) is 11.5 Å². The van der Waals surface area contributed by atoms with Crippen LogP contribution in [0.2, 0.25) is 0 Å². The molecular formula is C18H20N2O4. The molecule has 0 bridgehead atoms. The first kappa shape index (κ1) is 17.5. The number of para-hydroxylation sites is 2. The maximum absolute atomic E-state index is 11.4. The van der Waals surface area contributed by atoms with Crippen LogP contribution < -0.4 is 9.47 Å². The molecule has 0 aliphatic heterocycles. The minimum Gasteiger partial charge on any atom is -0.493 e. The molecule has 0 heterocycles. The van der Waals surface area contributed by atoms with E-state index in [0.717, 1.165) is 24.2 Å². The van der Waals surface area contributed by atoms with Gasteiger partial charge in [-0.25, -0.2) is 4.79 Å². The molecule has 24 heavy (non-hydrogen) atoms. The molecule has 2 aromatic carbocycles. The Kier molecular flexibility index (Phi) is 7.27. The van der Waals surface area contributed by atoms with Gasteiger partial charge in [-0.05, 0) is 24.6 Å². The van der Waals surface area contributed by atoms with E-state index in [2.05, 4.69) is 22.2 Å². The summed E-state index contributed by atoms with van der Waals surface area (Å²) < 4.78 is 10.6. The fraction of sp³-hybridized carbons (Fsp3) is 0.278. The second kappa shape index (κ2) is 9.99.